The van der Waals surface area contributed by atoms with E-state index in [1.807, 2.05) is 12.3 Å². The van der Waals surface area contributed by atoms with Gasteiger partial charge in [-0.25, -0.2) is 0 Å². The number of fused-ring (bicyclic) bond motifs is 2. The Bertz CT molecular complexity index is 1600. The summed E-state index contributed by atoms with van der Waals surface area (Å²) < 4.78 is 0. The second-order valence-corrected chi connectivity index (χ2v) is 7.60. The normalized spacial score (nSPS) is 12.3. The van der Waals surface area contributed by atoms with Crippen LogP contribution in [0.5, 0.6) is 0 Å². The van der Waals surface area contributed by atoms with E-state index in [2.05, 4.69) is 78.9 Å². The number of benzene rings is 5. The van der Waals surface area contributed by atoms with Crippen LogP contribution >= 0.6 is 0 Å². The summed E-state index contributed by atoms with van der Waals surface area (Å²) in [6, 6.07) is 30.9. The van der Waals surface area contributed by atoms with Gasteiger partial charge < -0.3 is 0 Å². The molecule has 0 saturated carbocycles. The summed E-state index contributed by atoms with van der Waals surface area (Å²) in [6.45, 7) is 0. The first-order valence-electron chi connectivity index (χ1n) is 9.66. The van der Waals surface area contributed by atoms with Crippen LogP contribution in [0, 0.1) is 0 Å². The van der Waals surface area contributed by atoms with Crippen molar-refractivity contribution >= 4 is 43.2 Å². The average molecular weight is 353 g/mol. The number of hydrogen-bond acceptors (Lipinski definition) is 1. The van der Waals surface area contributed by atoms with Gasteiger partial charge in [0, 0.05) is 17.1 Å². The van der Waals surface area contributed by atoms with E-state index in [4.69, 9.17) is 4.98 Å². The molecule has 1 heterocycles. The van der Waals surface area contributed by atoms with Gasteiger partial charge >= 0.3 is 0 Å². The topological polar surface area (TPSA) is 12.9 Å². The number of aromatic nitrogens is 1. The first-order chi connectivity index (χ1) is 13.9. The maximum Gasteiger partial charge on any atom is 0.0780 e. The SMILES string of the molecule is c1cnc2c(-c3ccc4c5c3ccc3ccc6cccc-4c6c35)cccc2c1. The van der Waals surface area contributed by atoms with E-state index < -0.39 is 0 Å². The summed E-state index contributed by atoms with van der Waals surface area (Å²) in [4.78, 5) is 4.70. The maximum atomic E-state index is 4.70. The second-order valence-electron chi connectivity index (χ2n) is 7.60. The smallest absolute Gasteiger partial charge is 0.0780 e. The number of hydrogen-bond donors (Lipinski definition) is 0. The maximum absolute atomic E-state index is 4.70. The minimum absolute atomic E-state index is 1.06. The molecule has 0 aliphatic heterocycles. The van der Waals surface area contributed by atoms with Crippen molar-refractivity contribution in [2.45, 2.75) is 0 Å². The van der Waals surface area contributed by atoms with E-state index in [0.29, 0.717) is 0 Å². The van der Waals surface area contributed by atoms with Crippen LogP contribution in [0.25, 0.3) is 65.5 Å². The number of nitrogens with zero attached hydrogens (tertiary/aromatic N) is 1. The van der Waals surface area contributed by atoms with Crippen LogP contribution in [0.4, 0.5) is 0 Å². The highest BCUT2D eigenvalue weighted by Gasteiger charge is 2.22. The summed E-state index contributed by atoms with van der Waals surface area (Å²) in [5.74, 6) is 0. The van der Waals surface area contributed by atoms with Crippen molar-refractivity contribution in [3.63, 3.8) is 0 Å². The molecule has 0 unspecified atom stereocenters. The predicted molar refractivity (Wildman–Crippen MR) is 119 cm³/mol. The molecule has 0 atom stereocenters. The zero-order valence-electron chi connectivity index (χ0n) is 15.1. The fourth-order valence-electron chi connectivity index (χ4n) is 5.04. The Morgan fingerprint density at radius 2 is 1.11 bits per heavy atom. The lowest BCUT2D eigenvalue weighted by Gasteiger charge is -2.12. The Morgan fingerprint density at radius 3 is 2.04 bits per heavy atom. The molecular weight excluding hydrogens is 338 g/mol. The van der Waals surface area contributed by atoms with Crippen LogP contribution in [-0.4, -0.2) is 4.98 Å². The Hall–Kier alpha value is -3.71. The van der Waals surface area contributed by atoms with E-state index in [9.17, 15) is 0 Å². The third-order valence-electron chi connectivity index (χ3n) is 6.22. The number of pyridine rings is 1. The van der Waals surface area contributed by atoms with Crippen LogP contribution in [0.15, 0.2) is 91.1 Å². The number of para-hydroxylation sites is 1. The van der Waals surface area contributed by atoms with Crippen molar-refractivity contribution in [2.24, 2.45) is 0 Å². The molecule has 7 rings (SSSR count). The molecule has 1 aromatic heterocycles. The molecule has 0 saturated heterocycles. The summed E-state index contributed by atoms with van der Waals surface area (Å²) in [6.07, 6.45) is 1.88. The molecule has 0 spiro atoms. The van der Waals surface area contributed by atoms with E-state index in [0.717, 1.165) is 5.52 Å². The fourth-order valence-corrected chi connectivity index (χ4v) is 5.04. The molecule has 28 heavy (non-hydrogen) atoms. The highest BCUT2D eigenvalue weighted by molar-refractivity contribution is 6.34. The lowest BCUT2D eigenvalue weighted by molar-refractivity contribution is 1.41. The van der Waals surface area contributed by atoms with Gasteiger partial charge in [0.2, 0.25) is 0 Å². The van der Waals surface area contributed by atoms with Gasteiger partial charge in [-0.2, -0.15) is 0 Å². The van der Waals surface area contributed by atoms with Gasteiger partial charge in [0.15, 0.2) is 0 Å². The van der Waals surface area contributed by atoms with Gasteiger partial charge in [-0.15, -0.1) is 0 Å². The highest BCUT2D eigenvalue weighted by Crippen LogP contribution is 2.49. The monoisotopic (exact) mass is 353 g/mol. The molecule has 0 fully saturated rings. The van der Waals surface area contributed by atoms with Gasteiger partial charge in [-0.05, 0) is 55.1 Å². The van der Waals surface area contributed by atoms with Crippen LogP contribution in [0.2, 0.25) is 0 Å². The molecule has 1 aliphatic carbocycles. The molecule has 128 valence electrons. The van der Waals surface area contributed by atoms with Crippen molar-refractivity contribution in [1.82, 2.24) is 4.98 Å². The summed E-state index contributed by atoms with van der Waals surface area (Å²) >= 11 is 0. The van der Waals surface area contributed by atoms with Gasteiger partial charge in [0.1, 0.15) is 0 Å². The average Bonchev–Trinajstić information content (AvgIpc) is 3.11. The standard InChI is InChI=1S/C27H15N/c1-4-16-9-10-17-11-12-21-19(23-8-2-5-18-6-3-15-28-27(18)23)13-14-22-20(7-1)24(16)25(17)26(21)22/h1-15H. The van der Waals surface area contributed by atoms with Crippen LogP contribution in [-0.2, 0) is 0 Å². The van der Waals surface area contributed by atoms with E-state index in [-0.39, 0.29) is 0 Å². The first-order valence-corrected chi connectivity index (χ1v) is 9.66. The van der Waals surface area contributed by atoms with Gasteiger partial charge in [0.25, 0.3) is 0 Å². The Balaban J connectivity index is 1.70. The second kappa shape index (κ2) is 4.96. The van der Waals surface area contributed by atoms with Crippen LogP contribution in [0.1, 0.15) is 0 Å². The Labute approximate surface area is 161 Å². The predicted octanol–water partition coefficient (Wildman–Crippen LogP) is 7.34. The summed E-state index contributed by atoms with van der Waals surface area (Å²) in [7, 11) is 0. The van der Waals surface area contributed by atoms with Crippen molar-refractivity contribution in [2.75, 3.05) is 0 Å². The molecule has 0 bridgehead atoms. The Kier molecular flexibility index (Phi) is 2.54. The van der Waals surface area contributed by atoms with E-state index in [1.54, 1.807) is 0 Å². The van der Waals surface area contributed by atoms with Crippen molar-refractivity contribution in [3.8, 4) is 22.3 Å². The lowest BCUT2D eigenvalue weighted by atomic mass is 9.92. The zero-order chi connectivity index (χ0) is 18.2. The van der Waals surface area contributed by atoms with Gasteiger partial charge in [-0.3, -0.25) is 4.98 Å². The van der Waals surface area contributed by atoms with Crippen LogP contribution < -0.4 is 0 Å². The fraction of sp³-hybridized carbons (Fsp3) is 0. The molecule has 1 nitrogen and oxygen atoms in total. The van der Waals surface area contributed by atoms with Crippen molar-refractivity contribution < 1.29 is 0 Å². The largest absolute Gasteiger partial charge is 0.256 e. The third kappa shape index (κ3) is 1.65. The van der Waals surface area contributed by atoms with Crippen molar-refractivity contribution in [3.05, 3.63) is 91.1 Å². The quantitative estimate of drug-likeness (QED) is 0.281. The minimum Gasteiger partial charge on any atom is -0.256 e. The molecule has 5 aromatic carbocycles. The molecule has 1 heteroatoms. The van der Waals surface area contributed by atoms with E-state index >= 15 is 0 Å². The van der Waals surface area contributed by atoms with Gasteiger partial charge in [-0.1, -0.05) is 78.9 Å². The van der Waals surface area contributed by atoms with Crippen LogP contribution in [0.3, 0.4) is 0 Å². The van der Waals surface area contributed by atoms with Gasteiger partial charge in [0.05, 0.1) is 5.52 Å². The molecule has 6 aromatic rings. The summed E-state index contributed by atoms with van der Waals surface area (Å²) in [5, 5.41) is 9.31. The third-order valence-corrected chi connectivity index (χ3v) is 6.22. The molecule has 1 aliphatic rings. The lowest BCUT2D eigenvalue weighted by Crippen LogP contribution is -1.87. The first kappa shape index (κ1) is 14.4. The minimum atomic E-state index is 1.06. The van der Waals surface area contributed by atoms with Crippen molar-refractivity contribution in [1.29, 1.82) is 0 Å². The zero-order valence-corrected chi connectivity index (χ0v) is 15.1. The number of rotatable bonds is 1. The molecule has 0 amide bonds. The Morgan fingerprint density at radius 1 is 0.429 bits per heavy atom. The molecule has 0 radical (unpaired) electrons. The van der Waals surface area contributed by atoms with E-state index in [1.165, 1.54) is 60.0 Å². The highest BCUT2D eigenvalue weighted by atomic mass is 14.6. The molecular formula is C27H15N. The molecule has 0 N–H and O–H groups in total. The summed E-state index contributed by atoms with van der Waals surface area (Å²) in [5.41, 5.74) is 6.23.